The molecule has 0 bridgehead atoms. The Balaban J connectivity index is 0.000000190. The van der Waals surface area contributed by atoms with Crippen molar-refractivity contribution in [3.05, 3.63) is 45.9 Å². The van der Waals surface area contributed by atoms with E-state index in [-0.39, 0.29) is 24.5 Å². The van der Waals surface area contributed by atoms with Crippen LogP contribution in [0.25, 0.3) is 11.0 Å². The van der Waals surface area contributed by atoms with E-state index in [0.717, 1.165) is 42.5 Å². The highest BCUT2D eigenvalue weighted by molar-refractivity contribution is 5.87. The van der Waals surface area contributed by atoms with E-state index in [1.54, 1.807) is 13.1 Å². The minimum Gasteiger partial charge on any atom is -0.396 e. The molecule has 2 aliphatic heterocycles. The highest BCUT2D eigenvalue weighted by Gasteiger charge is 2.28. The van der Waals surface area contributed by atoms with E-state index in [1.165, 1.54) is 25.5 Å². The molecule has 5 rings (SSSR count). The first kappa shape index (κ1) is 33.7. The van der Waals surface area contributed by atoms with E-state index in [9.17, 15) is 9.70 Å². The van der Waals surface area contributed by atoms with Crippen LogP contribution in [0.2, 0.25) is 0 Å². The van der Waals surface area contributed by atoms with E-state index in [1.807, 2.05) is 37.7 Å². The van der Waals surface area contributed by atoms with Gasteiger partial charge in [-0.1, -0.05) is 13.8 Å². The Morgan fingerprint density at radius 3 is 2.65 bits per heavy atom. The number of aromatic nitrogens is 5. The van der Waals surface area contributed by atoms with E-state index in [0.29, 0.717) is 36.1 Å². The maximum atomic E-state index is 11.2. The summed E-state index contributed by atoms with van der Waals surface area (Å²) in [7, 11) is 1.82. The van der Waals surface area contributed by atoms with Gasteiger partial charge in [0.1, 0.15) is 36.3 Å². The van der Waals surface area contributed by atoms with Crippen LogP contribution in [-0.4, -0.2) is 74.4 Å². The number of ether oxygens (including phenoxy) is 2. The Kier molecular flexibility index (Phi) is 13.6. The second-order valence-electron chi connectivity index (χ2n) is 10.8. The zero-order valence-electron chi connectivity index (χ0n) is 25.6. The SMILES string of the molecule is CC1CCC(CCCO)O1.CNc1ncnc2c1ccn2C1CCC(CON=O)O1.Cc1nc[nH]c(=O)c1N=CC(C)C. The Morgan fingerprint density at radius 1 is 1.21 bits per heavy atom. The molecule has 0 radical (unpaired) electrons. The van der Waals surface area contributed by atoms with Crippen LogP contribution in [0.5, 0.6) is 0 Å². The third-order valence-corrected chi connectivity index (χ3v) is 6.97. The molecule has 3 aromatic rings. The van der Waals surface area contributed by atoms with E-state index < -0.39 is 0 Å². The van der Waals surface area contributed by atoms with Crippen LogP contribution in [0.1, 0.15) is 71.2 Å². The van der Waals surface area contributed by atoms with Crippen molar-refractivity contribution in [3.8, 4) is 0 Å². The quantitative estimate of drug-likeness (QED) is 0.169. The predicted molar refractivity (Wildman–Crippen MR) is 164 cm³/mol. The van der Waals surface area contributed by atoms with Crippen molar-refractivity contribution in [1.29, 1.82) is 0 Å². The molecule has 5 heterocycles. The fourth-order valence-corrected chi connectivity index (χ4v) is 4.80. The molecule has 14 heteroatoms. The summed E-state index contributed by atoms with van der Waals surface area (Å²) in [6.07, 6.45) is 13.2. The lowest BCUT2D eigenvalue weighted by Crippen LogP contribution is -2.15. The molecule has 14 nitrogen and oxygen atoms in total. The number of hydrogen-bond donors (Lipinski definition) is 3. The summed E-state index contributed by atoms with van der Waals surface area (Å²) < 4.78 is 13.4. The van der Waals surface area contributed by atoms with Crippen LogP contribution in [0.3, 0.4) is 0 Å². The third kappa shape index (κ3) is 10.2. The largest absolute Gasteiger partial charge is 0.396 e. The van der Waals surface area contributed by atoms with Crippen molar-refractivity contribution in [1.82, 2.24) is 24.5 Å². The number of anilines is 1. The van der Waals surface area contributed by atoms with Crippen molar-refractivity contribution < 1.29 is 19.4 Å². The number of hydrogen-bond acceptors (Lipinski definition) is 12. The first-order valence-electron chi connectivity index (χ1n) is 14.7. The molecule has 0 amide bonds. The highest BCUT2D eigenvalue weighted by atomic mass is 16.7. The van der Waals surface area contributed by atoms with Crippen LogP contribution in [0.4, 0.5) is 11.5 Å². The van der Waals surface area contributed by atoms with Gasteiger partial charge in [0.25, 0.3) is 5.56 Å². The summed E-state index contributed by atoms with van der Waals surface area (Å²) in [4.78, 5) is 44.7. The summed E-state index contributed by atoms with van der Waals surface area (Å²) in [6.45, 7) is 8.37. The molecule has 236 valence electrons. The number of rotatable bonds is 10. The molecule has 2 fully saturated rings. The van der Waals surface area contributed by atoms with Gasteiger partial charge in [-0.2, -0.15) is 0 Å². The van der Waals surface area contributed by atoms with Gasteiger partial charge in [0, 0.05) is 26.1 Å². The number of aliphatic imine (C=N–C) groups is 1. The van der Waals surface area contributed by atoms with E-state index in [4.69, 9.17) is 14.6 Å². The molecule has 2 aliphatic rings. The molecule has 0 aromatic carbocycles. The summed E-state index contributed by atoms with van der Waals surface area (Å²) in [5.74, 6) is 1.12. The van der Waals surface area contributed by atoms with E-state index in [2.05, 4.69) is 47.3 Å². The van der Waals surface area contributed by atoms with Crippen molar-refractivity contribution >= 4 is 28.8 Å². The Morgan fingerprint density at radius 2 is 2.00 bits per heavy atom. The fraction of sp³-hybridized carbons (Fsp3) is 0.621. The number of nitrogens with one attached hydrogen (secondary N) is 2. The van der Waals surface area contributed by atoms with Gasteiger partial charge in [0.15, 0.2) is 5.34 Å². The number of fused-ring (bicyclic) bond motifs is 1. The predicted octanol–water partition coefficient (Wildman–Crippen LogP) is 4.61. The lowest BCUT2D eigenvalue weighted by atomic mass is 10.1. The van der Waals surface area contributed by atoms with Gasteiger partial charge in [-0.15, -0.1) is 4.91 Å². The van der Waals surface area contributed by atoms with Crippen molar-refractivity contribution in [2.24, 2.45) is 16.3 Å². The van der Waals surface area contributed by atoms with Crippen LogP contribution in [0.15, 0.2) is 40.0 Å². The fourth-order valence-electron chi connectivity index (χ4n) is 4.80. The van der Waals surface area contributed by atoms with Gasteiger partial charge in [-0.25, -0.2) is 15.0 Å². The van der Waals surface area contributed by atoms with Gasteiger partial charge in [0.05, 0.1) is 35.7 Å². The van der Waals surface area contributed by atoms with Crippen molar-refractivity contribution in [2.45, 2.75) is 90.8 Å². The molecule has 0 spiro atoms. The minimum atomic E-state index is -0.190. The van der Waals surface area contributed by atoms with Crippen molar-refractivity contribution in [2.75, 3.05) is 25.6 Å². The lowest BCUT2D eigenvalue weighted by Gasteiger charge is -2.15. The number of aromatic amines is 1. The van der Waals surface area contributed by atoms with Gasteiger partial charge >= 0.3 is 0 Å². The molecule has 0 aliphatic carbocycles. The third-order valence-electron chi connectivity index (χ3n) is 6.97. The molecule has 4 unspecified atom stereocenters. The average Bonchev–Trinajstić information content (AvgIpc) is 3.75. The molecule has 0 saturated carbocycles. The molecule has 3 aromatic heterocycles. The standard InChI is InChI=1S/C12H15N5O3.C9H13N3O.C8H16O2/c1-13-11-9-4-5-17(12(9)15-7-14-11)10-3-2-8(20-10)6-19-16-18;1-6(2)4-10-8-7(3)11-5-12-9(8)13;1-7-4-5-8(10-7)3-2-6-9/h4-5,7-8,10H,2-3,6H2,1H3,(H,13,14,15);4-6H,1-3H3,(H,11,12,13);7-9H,2-6H2,1H3. The number of H-pyrrole nitrogens is 1. The monoisotopic (exact) mass is 600 g/mol. The zero-order chi connectivity index (χ0) is 31.2. The van der Waals surface area contributed by atoms with E-state index >= 15 is 0 Å². The smallest absolute Gasteiger partial charge is 0.276 e. The van der Waals surface area contributed by atoms with Crippen molar-refractivity contribution in [3.63, 3.8) is 0 Å². The summed E-state index contributed by atoms with van der Waals surface area (Å²) in [6, 6.07) is 1.96. The Labute approximate surface area is 251 Å². The Hall–Kier alpha value is -3.75. The number of aliphatic hydroxyl groups is 1. The van der Waals surface area contributed by atoms with Gasteiger partial charge < -0.3 is 34.3 Å². The van der Waals surface area contributed by atoms with Gasteiger partial charge in [0.2, 0.25) is 0 Å². The maximum Gasteiger partial charge on any atom is 0.276 e. The summed E-state index contributed by atoms with van der Waals surface area (Å²) in [5, 5.41) is 14.9. The lowest BCUT2D eigenvalue weighted by molar-refractivity contribution is -0.0396. The molecular formula is C29H44N8O6. The molecule has 3 N–H and O–H groups in total. The molecule has 2 saturated heterocycles. The average molecular weight is 601 g/mol. The first-order valence-corrected chi connectivity index (χ1v) is 14.7. The van der Waals surface area contributed by atoms with Gasteiger partial charge in [-0.05, 0) is 64.4 Å². The molecule has 43 heavy (non-hydrogen) atoms. The second kappa shape index (κ2) is 17.4. The van der Waals surface area contributed by atoms with Crippen LogP contribution >= 0.6 is 0 Å². The number of aliphatic hydroxyl groups excluding tert-OH is 1. The molecule has 4 atom stereocenters. The van der Waals surface area contributed by atoms with Crippen LogP contribution < -0.4 is 10.9 Å². The first-order chi connectivity index (χ1) is 20.8. The summed E-state index contributed by atoms with van der Waals surface area (Å²) in [5.41, 5.74) is 1.69. The molecular weight excluding hydrogens is 556 g/mol. The van der Waals surface area contributed by atoms with Gasteiger partial charge in [-0.3, -0.25) is 9.79 Å². The minimum absolute atomic E-state index is 0.104. The second-order valence-corrected chi connectivity index (χ2v) is 10.8. The maximum absolute atomic E-state index is 11.2. The van der Waals surface area contributed by atoms with Crippen LogP contribution in [0, 0.1) is 17.7 Å². The summed E-state index contributed by atoms with van der Waals surface area (Å²) >= 11 is 0. The zero-order valence-corrected chi connectivity index (χ0v) is 25.6. The highest BCUT2D eigenvalue weighted by Crippen LogP contribution is 2.32. The topological polar surface area (TPSA) is 178 Å². The normalized spacial score (nSPS) is 21.4. The van der Waals surface area contributed by atoms with Crippen LogP contribution in [-0.2, 0) is 14.3 Å². The number of nitrogens with zero attached hydrogens (tertiary/aromatic N) is 6. The Bertz CT molecular complexity index is 1360. The number of aryl methyl sites for hydroxylation is 1.